The maximum Gasteiger partial charge on any atom is 0.326 e. The maximum atomic E-state index is 13.2. The number of thioether (sulfide) groups is 1. The van der Waals surface area contributed by atoms with Gasteiger partial charge in [0, 0.05) is 56.3 Å². The van der Waals surface area contributed by atoms with Gasteiger partial charge in [0.2, 0.25) is 23.7 Å². The van der Waals surface area contributed by atoms with Gasteiger partial charge in [-0.2, -0.15) is 4.98 Å². The molecule has 1 aromatic carbocycles. The highest BCUT2D eigenvalue weighted by atomic mass is 32.2. The smallest absolute Gasteiger partial charge is 0.326 e. The van der Waals surface area contributed by atoms with Gasteiger partial charge in [-0.25, -0.2) is 14.8 Å². The number of imide groups is 1. The predicted molar refractivity (Wildman–Crippen MR) is 210 cm³/mol. The third-order valence-electron chi connectivity index (χ3n) is 9.26. The summed E-state index contributed by atoms with van der Waals surface area (Å²) in [5.74, 6) is -11.8. The van der Waals surface area contributed by atoms with Crippen LogP contribution in [0, 0.1) is 11.8 Å². The van der Waals surface area contributed by atoms with E-state index in [1.807, 2.05) is 0 Å². The molecule has 24 heteroatoms. The molecule has 1 unspecified atom stereocenters. The molecule has 0 bridgehead atoms. The first-order valence-electron chi connectivity index (χ1n) is 18.2. The van der Waals surface area contributed by atoms with Crippen LogP contribution in [0.2, 0.25) is 0 Å². The molecule has 4 rings (SSSR count). The zero-order valence-corrected chi connectivity index (χ0v) is 32.7. The normalized spacial score (nSPS) is 15.8. The number of H-pyrrole nitrogens is 1. The highest BCUT2D eigenvalue weighted by Gasteiger charge is 2.38. The summed E-state index contributed by atoms with van der Waals surface area (Å²) in [7, 11) is 1.30. The van der Waals surface area contributed by atoms with E-state index in [4.69, 9.17) is 11.5 Å². The Balaban J connectivity index is 1.28. The number of nitrogens with two attached hydrogens (primary N) is 2. The summed E-state index contributed by atoms with van der Waals surface area (Å²) in [6, 6.07) is 2.85. The Bertz CT molecular complexity index is 2240. The lowest BCUT2D eigenvalue weighted by molar-refractivity contribution is -0.144. The molecule has 60 heavy (non-hydrogen) atoms. The van der Waals surface area contributed by atoms with Crippen molar-refractivity contribution >= 4 is 87.7 Å². The van der Waals surface area contributed by atoms with Crippen LogP contribution in [-0.4, -0.2) is 130 Å². The first kappa shape index (κ1) is 45.9. The molecule has 0 radical (unpaired) electrons. The molecule has 5 atom stereocenters. The van der Waals surface area contributed by atoms with E-state index in [9.17, 15) is 63.3 Å². The number of nitrogen functional groups attached to an aromatic ring is 1. The van der Waals surface area contributed by atoms with Crippen molar-refractivity contribution in [3.05, 3.63) is 52.1 Å². The maximum absolute atomic E-state index is 13.2. The minimum atomic E-state index is -1.56. The Morgan fingerprint density at radius 3 is 2.23 bits per heavy atom. The summed E-state index contributed by atoms with van der Waals surface area (Å²) in [5.41, 5.74) is 11.7. The van der Waals surface area contributed by atoms with Gasteiger partial charge in [0.05, 0.1) is 48.0 Å². The number of carbonyl (C=O) groups excluding carboxylic acids is 6. The van der Waals surface area contributed by atoms with Gasteiger partial charge in [0.15, 0.2) is 16.9 Å². The van der Waals surface area contributed by atoms with Crippen LogP contribution in [0.3, 0.4) is 0 Å². The number of Topliss-reactive ketones (excluding diaryl/α,β-unsaturated/α-hetero) is 2. The number of hydrogen-bond acceptors (Lipinski definition) is 17. The van der Waals surface area contributed by atoms with E-state index >= 15 is 0 Å². The molecule has 0 saturated carbocycles. The van der Waals surface area contributed by atoms with Crippen LogP contribution in [0.25, 0.3) is 11.2 Å². The fraction of sp³-hybridized carbons (Fsp3) is 0.417. The summed E-state index contributed by atoms with van der Waals surface area (Å²) >= 11 is 0.899. The number of nitrogens with zero attached hydrogens (tertiary/aromatic N) is 4. The van der Waals surface area contributed by atoms with E-state index < -0.39 is 126 Å². The van der Waals surface area contributed by atoms with E-state index in [2.05, 4.69) is 35.9 Å². The molecule has 11 N–H and O–H groups in total. The fourth-order valence-electron chi connectivity index (χ4n) is 5.89. The molecular formula is C36H42N10O13S. The molecule has 1 fully saturated rings. The van der Waals surface area contributed by atoms with Crippen molar-refractivity contribution in [1.29, 1.82) is 0 Å². The van der Waals surface area contributed by atoms with Crippen LogP contribution in [0.5, 0.6) is 0 Å². The predicted octanol–water partition coefficient (Wildman–Crippen LogP) is -1.49. The van der Waals surface area contributed by atoms with E-state index in [0.717, 1.165) is 16.7 Å². The van der Waals surface area contributed by atoms with E-state index in [1.165, 1.54) is 37.5 Å². The van der Waals surface area contributed by atoms with Crippen molar-refractivity contribution in [2.24, 2.45) is 17.6 Å². The lowest BCUT2D eigenvalue weighted by Crippen LogP contribution is -2.49. The van der Waals surface area contributed by atoms with Crippen molar-refractivity contribution in [1.82, 2.24) is 35.5 Å². The number of rotatable bonds is 23. The number of anilines is 2. The Hall–Kier alpha value is -6.82. The summed E-state index contributed by atoms with van der Waals surface area (Å²) in [6.07, 6.45) is -1.79. The minimum absolute atomic E-state index is 0.00749. The van der Waals surface area contributed by atoms with Crippen LogP contribution in [-0.2, 0) is 44.9 Å². The topological polar surface area (TPSA) is 377 Å². The van der Waals surface area contributed by atoms with Crippen molar-refractivity contribution in [2.45, 2.75) is 62.4 Å². The second kappa shape index (κ2) is 20.7. The number of benzene rings is 1. The van der Waals surface area contributed by atoms with E-state index in [0.29, 0.717) is 11.4 Å². The minimum Gasteiger partial charge on any atom is -0.481 e. The highest BCUT2D eigenvalue weighted by Crippen LogP contribution is 2.27. The van der Waals surface area contributed by atoms with Gasteiger partial charge in [-0.15, -0.1) is 11.8 Å². The molecule has 3 aromatic rings. The summed E-state index contributed by atoms with van der Waals surface area (Å²) in [6.45, 7) is -0.369. The molecule has 2 aromatic heterocycles. The second-order valence-electron chi connectivity index (χ2n) is 13.7. The molecular weight excluding hydrogens is 813 g/mol. The highest BCUT2D eigenvalue weighted by molar-refractivity contribution is 8.00. The number of carboxylic acids is 3. The lowest BCUT2D eigenvalue weighted by Gasteiger charge is -2.22. The van der Waals surface area contributed by atoms with Gasteiger partial charge in [-0.05, 0) is 30.7 Å². The van der Waals surface area contributed by atoms with Crippen LogP contribution >= 0.6 is 11.8 Å². The van der Waals surface area contributed by atoms with E-state index in [-0.39, 0.29) is 41.4 Å². The third kappa shape index (κ3) is 12.6. The zero-order chi connectivity index (χ0) is 44.3. The molecule has 0 aliphatic carbocycles. The molecule has 4 amide bonds. The second-order valence-corrected chi connectivity index (χ2v) is 14.9. The van der Waals surface area contributed by atoms with Gasteiger partial charge in [-0.1, -0.05) is 0 Å². The van der Waals surface area contributed by atoms with Gasteiger partial charge in [-0.3, -0.25) is 53.0 Å². The Labute approximate surface area is 343 Å². The molecule has 0 spiro atoms. The number of ketones is 2. The fourth-order valence-corrected chi connectivity index (χ4v) is 7.17. The van der Waals surface area contributed by atoms with Gasteiger partial charge in [0.1, 0.15) is 11.8 Å². The number of aromatic nitrogens is 4. The first-order valence-corrected chi connectivity index (χ1v) is 19.2. The number of aliphatic carboxylic acids is 3. The van der Waals surface area contributed by atoms with Gasteiger partial charge in [0.25, 0.3) is 11.5 Å². The molecule has 320 valence electrons. The summed E-state index contributed by atoms with van der Waals surface area (Å²) < 4.78 is 0. The summed E-state index contributed by atoms with van der Waals surface area (Å²) in [4.78, 5) is 139. The Morgan fingerprint density at radius 1 is 0.933 bits per heavy atom. The average Bonchev–Trinajstić information content (AvgIpc) is 3.44. The van der Waals surface area contributed by atoms with Crippen molar-refractivity contribution < 1.29 is 58.5 Å². The lowest BCUT2D eigenvalue weighted by atomic mass is 9.93. The Kier molecular flexibility index (Phi) is 15.9. The molecule has 1 saturated heterocycles. The van der Waals surface area contributed by atoms with Crippen molar-refractivity contribution in [2.75, 3.05) is 30.4 Å². The number of fused-ring (bicyclic) bond motifs is 1. The third-order valence-corrected chi connectivity index (χ3v) is 10.6. The van der Waals surface area contributed by atoms with Crippen molar-refractivity contribution in [3.8, 4) is 0 Å². The number of carboxylic acid groups (broad SMARTS) is 3. The standard InChI is InChI=1S/C36H42N10O13S/c1-46-26(49)11-25(33(46)55)60-15-18(34(56)57)9-24(48)23(12-37)43-31(53)17(10-27(50)51)8-21(47)6-7-22(35(58)59)42-30(52)16-2-4-19(5-3-16)39-13-20-14-40-29-28(41-20)32(54)45-36(38)44-29/h2-5,14,17-18,22-23,25,39H,6-13,15,37H2,1H3,(H,42,52)(H,43,53)(H,50,51)(H,56,57)(H,58,59)(H3,38,40,44,45,54)/t17-,18-,22-,23-,25?/m0/s1. The van der Waals surface area contributed by atoms with Crippen LogP contribution in [0.4, 0.5) is 11.6 Å². The van der Waals surface area contributed by atoms with Gasteiger partial charge >= 0.3 is 17.9 Å². The molecule has 1 aliphatic rings. The monoisotopic (exact) mass is 854 g/mol. The number of hydrogen-bond donors (Lipinski definition) is 9. The first-order chi connectivity index (χ1) is 28.4. The molecule has 1 aliphatic heterocycles. The Morgan fingerprint density at radius 2 is 1.63 bits per heavy atom. The van der Waals surface area contributed by atoms with Crippen LogP contribution < -0.4 is 33.0 Å². The zero-order valence-electron chi connectivity index (χ0n) is 31.9. The number of likely N-dealkylation sites (tertiary alicyclic amines) is 1. The number of nitrogens with one attached hydrogen (secondary N) is 4. The average molecular weight is 855 g/mol. The number of carbonyl (C=O) groups is 9. The molecule has 3 heterocycles. The summed E-state index contributed by atoms with van der Waals surface area (Å²) in [5, 5.41) is 35.7. The van der Waals surface area contributed by atoms with Gasteiger partial charge < -0.3 is 42.7 Å². The molecule has 23 nitrogen and oxygen atoms in total. The van der Waals surface area contributed by atoms with E-state index in [1.54, 1.807) is 0 Å². The largest absolute Gasteiger partial charge is 0.481 e. The number of amides is 4. The van der Waals surface area contributed by atoms with Crippen LogP contribution in [0.1, 0.15) is 54.6 Å². The quantitative estimate of drug-likeness (QED) is 0.0491. The van der Waals surface area contributed by atoms with Crippen molar-refractivity contribution in [3.63, 3.8) is 0 Å². The van der Waals surface area contributed by atoms with Crippen LogP contribution in [0.15, 0.2) is 35.3 Å². The number of aromatic amines is 1. The SMILES string of the molecule is CN1C(=O)CC(SC[C@H](CC(=O)[C@H](CN)NC(=O)[C@H](CC(=O)O)CC(=O)CC[C@H](NC(=O)c2ccc(NCc3cnc4nc(N)[nH]c(=O)c4n3)cc2)C(=O)O)C(=O)O)C1=O.